The highest BCUT2D eigenvalue weighted by Crippen LogP contribution is 2.29. The lowest BCUT2D eigenvalue weighted by Gasteiger charge is -2.11. The second kappa shape index (κ2) is 9.18. The fourth-order valence-electron chi connectivity index (χ4n) is 3.51. The molecular weight excluding hydrogens is 386 g/mol. The molecule has 0 spiro atoms. The van der Waals surface area contributed by atoms with Crippen LogP contribution in [-0.2, 0) is 0 Å². The maximum Gasteiger partial charge on any atom is 0.256 e. The Morgan fingerprint density at radius 3 is 2.35 bits per heavy atom. The molecule has 0 unspecified atom stereocenters. The molecule has 0 atom stereocenters. The number of carbonyl (C=O) groups is 1. The fraction of sp³-hybridized carbons (Fsp3) is 0.0741. The van der Waals surface area contributed by atoms with Crippen LogP contribution in [0, 0.1) is 0 Å². The number of para-hydroxylation sites is 1. The van der Waals surface area contributed by atoms with Crippen LogP contribution in [0.2, 0.25) is 0 Å². The van der Waals surface area contributed by atoms with E-state index in [2.05, 4.69) is 5.32 Å². The van der Waals surface area contributed by atoms with E-state index in [0.29, 0.717) is 17.1 Å². The quantitative estimate of drug-likeness (QED) is 0.381. The number of nitrogens with one attached hydrogen (secondary N) is 1. The van der Waals surface area contributed by atoms with Gasteiger partial charge in [-0.15, -0.1) is 0 Å². The van der Waals surface area contributed by atoms with Crippen molar-refractivity contribution >= 4 is 34.5 Å². The summed E-state index contributed by atoms with van der Waals surface area (Å²) in [6.07, 6.45) is 3.95. The van der Waals surface area contributed by atoms with Crippen molar-refractivity contribution < 1.29 is 14.3 Å². The van der Waals surface area contributed by atoms with Gasteiger partial charge in [0.05, 0.1) is 14.2 Å². The fourth-order valence-corrected chi connectivity index (χ4v) is 3.51. The number of benzene rings is 4. The van der Waals surface area contributed by atoms with E-state index < -0.39 is 0 Å². The molecule has 0 saturated carbocycles. The van der Waals surface area contributed by atoms with E-state index in [9.17, 15) is 4.79 Å². The van der Waals surface area contributed by atoms with Gasteiger partial charge in [0.1, 0.15) is 0 Å². The zero-order chi connectivity index (χ0) is 21.6. The summed E-state index contributed by atoms with van der Waals surface area (Å²) in [4.78, 5) is 13.0. The molecule has 154 valence electrons. The van der Waals surface area contributed by atoms with Gasteiger partial charge in [-0.3, -0.25) is 4.79 Å². The van der Waals surface area contributed by atoms with E-state index in [1.165, 1.54) is 0 Å². The van der Waals surface area contributed by atoms with Crippen LogP contribution in [0.15, 0.2) is 84.9 Å². The van der Waals surface area contributed by atoms with Crippen LogP contribution in [0.4, 0.5) is 5.69 Å². The van der Waals surface area contributed by atoms with Crippen LogP contribution in [-0.4, -0.2) is 20.1 Å². The molecule has 0 saturated heterocycles. The van der Waals surface area contributed by atoms with Gasteiger partial charge >= 0.3 is 0 Å². The summed E-state index contributed by atoms with van der Waals surface area (Å²) in [7, 11) is 3.23. The van der Waals surface area contributed by atoms with E-state index in [4.69, 9.17) is 9.47 Å². The zero-order valence-electron chi connectivity index (χ0n) is 17.5. The van der Waals surface area contributed by atoms with Gasteiger partial charge in [0, 0.05) is 11.3 Å². The maximum absolute atomic E-state index is 13.0. The second-order valence-electron chi connectivity index (χ2n) is 7.02. The Morgan fingerprint density at radius 1 is 0.774 bits per heavy atom. The summed E-state index contributed by atoms with van der Waals surface area (Å²) in [6, 6.07) is 27.1. The first-order valence-electron chi connectivity index (χ1n) is 9.98. The lowest BCUT2D eigenvalue weighted by atomic mass is 10.0. The molecule has 0 aliphatic carbocycles. The van der Waals surface area contributed by atoms with Crippen LogP contribution in [0.1, 0.15) is 21.5 Å². The first kappa shape index (κ1) is 20.2. The highest BCUT2D eigenvalue weighted by atomic mass is 16.5. The number of methoxy groups -OCH3 is 2. The number of fused-ring (bicyclic) bond motifs is 1. The smallest absolute Gasteiger partial charge is 0.256 e. The standard InChI is InChI=1S/C27H23NO3/c1-30-25-17-15-19(18-26(25)31-2)14-16-21-9-4-6-13-24(21)28-27(29)23-12-7-10-20-8-3-5-11-22(20)23/h3-18H,1-2H3,(H,28,29)/b16-14+. The molecule has 31 heavy (non-hydrogen) atoms. The van der Waals surface area contributed by atoms with Gasteiger partial charge in [-0.25, -0.2) is 0 Å². The predicted molar refractivity (Wildman–Crippen MR) is 127 cm³/mol. The molecule has 4 rings (SSSR count). The Labute approximate surface area is 181 Å². The first-order valence-corrected chi connectivity index (χ1v) is 9.98. The molecule has 0 heterocycles. The second-order valence-corrected chi connectivity index (χ2v) is 7.02. The molecule has 0 aliphatic rings. The van der Waals surface area contributed by atoms with Crippen molar-refractivity contribution in [1.82, 2.24) is 0 Å². The minimum atomic E-state index is -0.135. The molecule has 0 aliphatic heterocycles. The van der Waals surface area contributed by atoms with E-state index in [0.717, 1.165) is 27.6 Å². The monoisotopic (exact) mass is 409 g/mol. The minimum Gasteiger partial charge on any atom is -0.493 e. The van der Waals surface area contributed by atoms with Gasteiger partial charge in [0.25, 0.3) is 5.91 Å². The summed E-state index contributed by atoms with van der Waals surface area (Å²) in [5.74, 6) is 1.22. The number of carbonyl (C=O) groups excluding carboxylic acids is 1. The third-order valence-electron chi connectivity index (χ3n) is 5.11. The van der Waals surface area contributed by atoms with E-state index in [1.54, 1.807) is 14.2 Å². The van der Waals surface area contributed by atoms with E-state index >= 15 is 0 Å². The highest BCUT2D eigenvalue weighted by molar-refractivity contribution is 6.13. The summed E-state index contributed by atoms with van der Waals surface area (Å²) < 4.78 is 10.7. The van der Waals surface area contributed by atoms with Gasteiger partial charge in [0.2, 0.25) is 0 Å². The average molecular weight is 409 g/mol. The lowest BCUT2D eigenvalue weighted by Crippen LogP contribution is -2.13. The Bertz CT molecular complexity index is 1260. The van der Waals surface area contributed by atoms with Crippen molar-refractivity contribution in [3.63, 3.8) is 0 Å². The van der Waals surface area contributed by atoms with Gasteiger partial charge in [-0.05, 0) is 46.2 Å². The Hall–Kier alpha value is -4.05. The van der Waals surface area contributed by atoms with Crippen molar-refractivity contribution in [3.05, 3.63) is 102 Å². The van der Waals surface area contributed by atoms with Crippen LogP contribution in [0.3, 0.4) is 0 Å². The molecule has 0 bridgehead atoms. The summed E-state index contributed by atoms with van der Waals surface area (Å²) >= 11 is 0. The summed E-state index contributed by atoms with van der Waals surface area (Å²) in [5.41, 5.74) is 3.27. The number of ether oxygens (including phenoxy) is 2. The van der Waals surface area contributed by atoms with E-state index in [-0.39, 0.29) is 5.91 Å². The number of hydrogen-bond donors (Lipinski definition) is 1. The van der Waals surface area contributed by atoms with Gasteiger partial charge < -0.3 is 14.8 Å². The van der Waals surface area contributed by atoms with Crippen molar-refractivity contribution in [3.8, 4) is 11.5 Å². The third kappa shape index (κ3) is 4.43. The van der Waals surface area contributed by atoms with Gasteiger partial charge in [0.15, 0.2) is 11.5 Å². The van der Waals surface area contributed by atoms with Crippen molar-refractivity contribution in [1.29, 1.82) is 0 Å². The van der Waals surface area contributed by atoms with Crippen LogP contribution >= 0.6 is 0 Å². The molecule has 4 heteroatoms. The largest absolute Gasteiger partial charge is 0.493 e. The molecule has 1 N–H and O–H groups in total. The SMILES string of the molecule is COc1ccc(/C=C/c2ccccc2NC(=O)c2cccc3ccccc23)cc1OC. The normalized spacial score (nSPS) is 10.9. The third-order valence-corrected chi connectivity index (χ3v) is 5.11. The molecule has 1 amide bonds. The Morgan fingerprint density at radius 2 is 1.52 bits per heavy atom. The van der Waals surface area contributed by atoms with Crippen LogP contribution in [0.5, 0.6) is 11.5 Å². The molecule has 0 radical (unpaired) electrons. The topological polar surface area (TPSA) is 47.6 Å². The number of anilines is 1. The predicted octanol–water partition coefficient (Wildman–Crippen LogP) is 6.28. The van der Waals surface area contributed by atoms with Gasteiger partial charge in [-0.1, -0.05) is 72.8 Å². The summed E-state index contributed by atoms with van der Waals surface area (Å²) in [6.45, 7) is 0. The molecule has 4 aromatic carbocycles. The van der Waals surface area contributed by atoms with Crippen LogP contribution in [0.25, 0.3) is 22.9 Å². The Balaban J connectivity index is 1.60. The molecular formula is C27H23NO3. The molecule has 0 aromatic heterocycles. The van der Waals surface area contributed by atoms with Crippen molar-refractivity contribution in [2.75, 3.05) is 19.5 Å². The van der Waals surface area contributed by atoms with Crippen molar-refractivity contribution in [2.24, 2.45) is 0 Å². The first-order chi connectivity index (χ1) is 15.2. The maximum atomic E-state index is 13.0. The molecule has 0 fully saturated rings. The summed E-state index contributed by atoms with van der Waals surface area (Å²) in [5, 5.41) is 5.03. The average Bonchev–Trinajstić information content (AvgIpc) is 2.82. The number of hydrogen-bond acceptors (Lipinski definition) is 3. The lowest BCUT2D eigenvalue weighted by molar-refractivity contribution is 0.102. The minimum absolute atomic E-state index is 0.135. The van der Waals surface area contributed by atoms with Crippen molar-refractivity contribution in [2.45, 2.75) is 0 Å². The number of rotatable bonds is 6. The van der Waals surface area contributed by atoms with Crippen LogP contribution < -0.4 is 14.8 Å². The highest BCUT2D eigenvalue weighted by Gasteiger charge is 2.11. The van der Waals surface area contributed by atoms with Gasteiger partial charge in [-0.2, -0.15) is 0 Å². The molecule has 4 nitrogen and oxygen atoms in total. The number of amides is 1. The molecule has 4 aromatic rings. The Kier molecular flexibility index (Phi) is 5.99. The van der Waals surface area contributed by atoms with E-state index in [1.807, 2.05) is 97.1 Å². The zero-order valence-corrected chi connectivity index (χ0v) is 17.5.